The molecule has 0 saturated carbocycles. The molecule has 0 aliphatic carbocycles. The Balaban J connectivity index is 1.55. The van der Waals surface area contributed by atoms with Crippen molar-refractivity contribution < 1.29 is 18.7 Å². The summed E-state index contributed by atoms with van der Waals surface area (Å²) in [6, 6.07) is 11.9. The summed E-state index contributed by atoms with van der Waals surface area (Å²) in [5.74, 6) is 0.636. The molecule has 132 valence electrons. The Kier molecular flexibility index (Phi) is 4.30. The van der Waals surface area contributed by atoms with Crippen LogP contribution in [0, 0.1) is 12.7 Å². The lowest BCUT2D eigenvalue weighted by atomic mass is 10.1. The number of halogens is 1. The lowest BCUT2D eigenvalue weighted by Crippen LogP contribution is -2.23. The molecule has 1 amide bonds. The van der Waals surface area contributed by atoms with Gasteiger partial charge < -0.3 is 14.8 Å². The predicted octanol–water partition coefficient (Wildman–Crippen LogP) is 3.92. The van der Waals surface area contributed by atoms with Crippen molar-refractivity contribution in [3.8, 4) is 21.9 Å². The molecule has 3 aromatic rings. The molecular formula is C19H15FN2O3S. The predicted molar refractivity (Wildman–Crippen MR) is 96.0 cm³/mol. The zero-order valence-electron chi connectivity index (χ0n) is 13.9. The summed E-state index contributed by atoms with van der Waals surface area (Å²) in [4.78, 5) is 17.4. The highest BCUT2D eigenvalue weighted by Crippen LogP contribution is 2.33. The highest BCUT2D eigenvalue weighted by molar-refractivity contribution is 7.15. The third-order valence-corrected chi connectivity index (χ3v) is 4.96. The van der Waals surface area contributed by atoms with E-state index in [4.69, 9.17) is 9.47 Å². The van der Waals surface area contributed by atoms with Gasteiger partial charge in [0.25, 0.3) is 5.91 Å². The van der Waals surface area contributed by atoms with E-state index in [2.05, 4.69) is 10.3 Å². The molecule has 1 aliphatic rings. The van der Waals surface area contributed by atoms with E-state index < -0.39 is 0 Å². The summed E-state index contributed by atoms with van der Waals surface area (Å²) in [6.45, 7) is 2.31. The highest BCUT2D eigenvalue weighted by Gasteiger charge is 2.20. The number of thiazole rings is 1. The minimum Gasteiger partial charge on any atom is -0.454 e. The molecule has 0 atom stereocenters. The minimum atomic E-state index is -0.374. The Morgan fingerprint density at radius 2 is 2.04 bits per heavy atom. The van der Waals surface area contributed by atoms with E-state index in [1.807, 2.05) is 18.2 Å². The van der Waals surface area contributed by atoms with Crippen LogP contribution in [-0.4, -0.2) is 17.7 Å². The standard InChI is InChI=1S/C19H15FN2O3S/c1-11-22-17(18(26-11)13-4-2-3-5-14(13)20)19(23)21-9-12-6-7-15-16(8-12)25-10-24-15/h2-8H,9-10H2,1H3,(H,21,23). The molecule has 26 heavy (non-hydrogen) atoms. The fourth-order valence-corrected chi connectivity index (χ4v) is 3.67. The van der Waals surface area contributed by atoms with E-state index in [-0.39, 0.29) is 24.2 Å². The minimum absolute atomic E-state index is 0.204. The molecule has 2 heterocycles. The van der Waals surface area contributed by atoms with E-state index in [1.165, 1.54) is 17.4 Å². The third kappa shape index (κ3) is 3.13. The largest absolute Gasteiger partial charge is 0.454 e. The van der Waals surface area contributed by atoms with Crippen molar-refractivity contribution in [1.82, 2.24) is 10.3 Å². The Labute approximate surface area is 153 Å². The second-order valence-electron chi connectivity index (χ2n) is 5.76. The van der Waals surface area contributed by atoms with Crippen LogP contribution in [0.15, 0.2) is 42.5 Å². The van der Waals surface area contributed by atoms with Gasteiger partial charge >= 0.3 is 0 Å². The molecule has 1 aromatic heterocycles. The average molecular weight is 370 g/mol. The zero-order chi connectivity index (χ0) is 18.1. The maximum Gasteiger partial charge on any atom is 0.271 e. The van der Waals surface area contributed by atoms with E-state index in [0.29, 0.717) is 33.5 Å². The van der Waals surface area contributed by atoms with E-state index in [1.54, 1.807) is 25.1 Å². The van der Waals surface area contributed by atoms with Gasteiger partial charge in [0.15, 0.2) is 11.5 Å². The van der Waals surface area contributed by atoms with Crippen molar-refractivity contribution in [3.63, 3.8) is 0 Å². The van der Waals surface area contributed by atoms with Crippen molar-refractivity contribution in [3.05, 3.63) is 64.5 Å². The van der Waals surface area contributed by atoms with Crippen LogP contribution >= 0.6 is 11.3 Å². The van der Waals surface area contributed by atoms with Gasteiger partial charge in [-0.05, 0) is 30.7 Å². The molecule has 2 aromatic carbocycles. The number of fused-ring (bicyclic) bond motifs is 1. The Morgan fingerprint density at radius 3 is 2.88 bits per heavy atom. The number of hydrogen-bond acceptors (Lipinski definition) is 5. The number of carbonyl (C=O) groups is 1. The van der Waals surface area contributed by atoms with Gasteiger partial charge in [-0.2, -0.15) is 0 Å². The summed E-state index contributed by atoms with van der Waals surface area (Å²) in [5, 5.41) is 3.54. The number of nitrogens with one attached hydrogen (secondary N) is 1. The quantitative estimate of drug-likeness (QED) is 0.756. The summed E-state index contributed by atoms with van der Waals surface area (Å²) >= 11 is 1.30. The number of aromatic nitrogens is 1. The SMILES string of the molecule is Cc1nc(C(=O)NCc2ccc3c(c2)OCO3)c(-c2ccccc2F)s1. The summed E-state index contributed by atoms with van der Waals surface area (Å²) < 4.78 is 24.7. The van der Waals surface area contributed by atoms with Crippen molar-refractivity contribution in [2.75, 3.05) is 6.79 Å². The molecule has 1 N–H and O–H groups in total. The van der Waals surface area contributed by atoms with Gasteiger partial charge in [0.05, 0.1) is 9.88 Å². The van der Waals surface area contributed by atoms with Gasteiger partial charge in [-0.25, -0.2) is 9.37 Å². The number of rotatable bonds is 4. The van der Waals surface area contributed by atoms with E-state index in [9.17, 15) is 9.18 Å². The van der Waals surface area contributed by atoms with Gasteiger partial charge in [0, 0.05) is 12.1 Å². The van der Waals surface area contributed by atoms with Crippen LogP contribution in [0.1, 0.15) is 21.1 Å². The molecule has 7 heteroatoms. The van der Waals surface area contributed by atoms with Crippen LogP contribution in [0.5, 0.6) is 11.5 Å². The van der Waals surface area contributed by atoms with Gasteiger partial charge in [0.2, 0.25) is 6.79 Å². The van der Waals surface area contributed by atoms with Gasteiger partial charge in [-0.1, -0.05) is 24.3 Å². The molecule has 0 unspecified atom stereocenters. The fraction of sp³-hybridized carbons (Fsp3) is 0.158. The lowest BCUT2D eigenvalue weighted by Gasteiger charge is -2.07. The van der Waals surface area contributed by atoms with Gasteiger partial charge in [-0.3, -0.25) is 4.79 Å². The zero-order valence-corrected chi connectivity index (χ0v) is 14.7. The number of nitrogens with zero attached hydrogens (tertiary/aromatic N) is 1. The average Bonchev–Trinajstić information content (AvgIpc) is 3.26. The molecular weight excluding hydrogens is 355 g/mol. The summed E-state index contributed by atoms with van der Waals surface area (Å²) in [7, 11) is 0. The molecule has 5 nitrogen and oxygen atoms in total. The first-order valence-electron chi connectivity index (χ1n) is 8.01. The van der Waals surface area contributed by atoms with Crippen molar-refractivity contribution in [1.29, 1.82) is 0 Å². The number of aryl methyl sites for hydroxylation is 1. The molecule has 4 rings (SSSR count). The van der Waals surface area contributed by atoms with Crippen LogP contribution in [-0.2, 0) is 6.54 Å². The van der Waals surface area contributed by atoms with Crippen LogP contribution in [0.3, 0.4) is 0 Å². The van der Waals surface area contributed by atoms with Crippen LogP contribution < -0.4 is 14.8 Å². The molecule has 0 bridgehead atoms. The van der Waals surface area contributed by atoms with Crippen LogP contribution in [0.4, 0.5) is 4.39 Å². The van der Waals surface area contributed by atoms with E-state index >= 15 is 0 Å². The van der Waals surface area contributed by atoms with Gasteiger partial charge in [0.1, 0.15) is 11.5 Å². The number of carbonyl (C=O) groups excluding carboxylic acids is 1. The van der Waals surface area contributed by atoms with E-state index in [0.717, 1.165) is 5.56 Å². The maximum absolute atomic E-state index is 14.1. The van der Waals surface area contributed by atoms with Crippen LogP contribution in [0.2, 0.25) is 0 Å². The second-order valence-corrected chi connectivity index (χ2v) is 6.96. The molecule has 0 saturated heterocycles. The smallest absolute Gasteiger partial charge is 0.271 e. The molecule has 1 aliphatic heterocycles. The number of ether oxygens (including phenoxy) is 2. The monoisotopic (exact) mass is 370 g/mol. The molecule has 0 spiro atoms. The Morgan fingerprint density at radius 1 is 1.23 bits per heavy atom. The van der Waals surface area contributed by atoms with Gasteiger partial charge in [-0.15, -0.1) is 11.3 Å². The third-order valence-electron chi connectivity index (χ3n) is 3.96. The first-order chi connectivity index (χ1) is 12.6. The first kappa shape index (κ1) is 16.5. The maximum atomic E-state index is 14.1. The Bertz CT molecular complexity index is 987. The number of hydrogen-bond donors (Lipinski definition) is 1. The normalized spacial score (nSPS) is 12.2. The number of amides is 1. The lowest BCUT2D eigenvalue weighted by molar-refractivity contribution is 0.0947. The molecule has 0 radical (unpaired) electrons. The summed E-state index contributed by atoms with van der Waals surface area (Å²) in [6.07, 6.45) is 0. The highest BCUT2D eigenvalue weighted by atomic mass is 32.1. The Hall–Kier alpha value is -2.93. The second kappa shape index (κ2) is 6.76. The first-order valence-corrected chi connectivity index (χ1v) is 8.82. The number of benzene rings is 2. The van der Waals surface area contributed by atoms with Crippen molar-refractivity contribution in [2.24, 2.45) is 0 Å². The molecule has 0 fully saturated rings. The van der Waals surface area contributed by atoms with Crippen molar-refractivity contribution >= 4 is 17.2 Å². The fourth-order valence-electron chi connectivity index (χ4n) is 2.73. The summed E-state index contributed by atoms with van der Waals surface area (Å²) in [5.41, 5.74) is 1.49. The topological polar surface area (TPSA) is 60.5 Å². The van der Waals surface area contributed by atoms with Crippen molar-refractivity contribution in [2.45, 2.75) is 13.5 Å². The van der Waals surface area contributed by atoms with Crippen LogP contribution in [0.25, 0.3) is 10.4 Å².